The predicted molar refractivity (Wildman–Crippen MR) is 113 cm³/mol. The molecular weight excluding hydrogens is 445 g/mol. The Morgan fingerprint density at radius 2 is 2.04 bits per heavy atom. The molecule has 2 rings (SSSR count). The first-order valence-electron chi connectivity index (χ1n) is 8.60. The minimum absolute atomic E-state index is 0. The van der Waals surface area contributed by atoms with E-state index in [2.05, 4.69) is 46.5 Å². The Morgan fingerprint density at radius 3 is 2.62 bits per heavy atom. The van der Waals surface area contributed by atoms with E-state index in [4.69, 9.17) is 9.26 Å². The first kappa shape index (κ1) is 22.2. The van der Waals surface area contributed by atoms with Crippen molar-refractivity contribution in [3.05, 3.63) is 41.4 Å². The number of guanidine groups is 1. The van der Waals surface area contributed by atoms with Gasteiger partial charge in [-0.05, 0) is 17.9 Å². The van der Waals surface area contributed by atoms with Crippen molar-refractivity contribution in [2.45, 2.75) is 46.2 Å². The number of aliphatic imine (C=N–C) groups is 1. The lowest BCUT2D eigenvalue weighted by Crippen LogP contribution is -2.36. The van der Waals surface area contributed by atoms with E-state index >= 15 is 0 Å². The molecule has 0 aliphatic rings. The Balaban J connectivity index is 0.00000338. The Morgan fingerprint density at radius 1 is 1.27 bits per heavy atom. The molecule has 0 bridgehead atoms. The number of hydrogen-bond donors (Lipinski definition) is 2. The van der Waals surface area contributed by atoms with Crippen molar-refractivity contribution in [1.29, 1.82) is 0 Å². The summed E-state index contributed by atoms with van der Waals surface area (Å²) in [4.78, 5) is 8.49. The number of hydrogen-bond acceptors (Lipinski definition) is 5. The molecule has 144 valence electrons. The van der Waals surface area contributed by atoms with Crippen LogP contribution in [0.2, 0.25) is 0 Å². The van der Waals surface area contributed by atoms with Crippen molar-refractivity contribution in [3.63, 3.8) is 0 Å². The van der Waals surface area contributed by atoms with Crippen LogP contribution in [-0.2, 0) is 13.1 Å². The Labute approximate surface area is 172 Å². The largest absolute Gasteiger partial charge is 0.478 e. The summed E-state index contributed by atoms with van der Waals surface area (Å²) in [5.41, 5.74) is 2.00. The molecule has 2 aromatic rings. The number of halogens is 1. The molecule has 0 amide bonds. The highest BCUT2D eigenvalue weighted by Crippen LogP contribution is 2.13. The summed E-state index contributed by atoms with van der Waals surface area (Å²) in [7, 11) is 1.73. The van der Waals surface area contributed by atoms with Crippen molar-refractivity contribution in [2.75, 3.05) is 13.7 Å². The first-order valence-corrected chi connectivity index (χ1v) is 8.60. The molecule has 0 aliphatic heterocycles. The van der Waals surface area contributed by atoms with Gasteiger partial charge in [0.25, 0.3) is 0 Å². The molecule has 26 heavy (non-hydrogen) atoms. The SMILES string of the molecule is CCCOc1ccc(CNC(=NC)NCc2cc(C(C)C)no2)cn1.I. The van der Waals surface area contributed by atoms with Gasteiger partial charge >= 0.3 is 0 Å². The number of nitrogens with one attached hydrogen (secondary N) is 2. The topological polar surface area (TPSA) is 84.6 Å². The molecule has 2 aromatic heterocycles. The Hall–Kier alpha value is -1.84. The van der Waals surface area contributed by atoms with Crippen LogP contribution >= 0.6 is 24.0 Å². The quantitative estimate of drug-likeness (QED) is 0.347. The van der Waals surface area contributed by atoms with E-state index in [0.717, 1.165) is 23.4 Å². The summed E-state index contributed by atoms with van der Waals surface area (Å²) in [6.45, 7) is 8.07. The second-order valence-electron chi connectivity index (χ2n) is 6.01. The summed E-state index contributed by atoms with van der Waals surface area (Å²) in [5.74, 6) is 2.48. The third-order valence-electron chi connectivity index (χ3n) is 3.53. The van der Waals surface area contributed by atoms with Crippen LogP contribution in [0.5, 0.6) is 5.88 Å². The fraction of sp³-hybridized carbons (Fsp3) is 0.500. The van der Waals surface area contributed by atoms with E-state index in [1.807, 2.05) is 18.2 Å². The molecular formula is C18H28IN5O2. The maximum absolute atomic E-state index is 5.48. The minimum atomic E-state index is 0. The van der Waals surface area contributed by atoms with Gasteiger partial charge in [-0.25, -0.2) is 4.98 Å². The molecule has 0 fully saturated rings. The summed E-state index contributed by atoms with van der Waals surface area (Å²) in [6, 6.07) is 5.83. The third kappa shape index (κ3) is 7.19. The van der Waals surface area contributed by atoms with E-state index < -0.39 is 0 Å². The van der Waals surface area contributed by atoms with Crippen LogP contribution < -0.4 is 15.4 Å². The third-order valence-corrected chi connectivity index (χ3v) is 3.53. The number of ether oxygens (including phenoxy) is 1. The molecule has 0 spiro atoms. The smallest absolute Gasteiger partial charge is 0.213 e. The molecule has 0 saturated carbocycles. The van der Waals surface area contributed by atoms with E-state index in [9.17, 15) is 0 Å². The monoisotopic (exact) mass is 473 g/mol. The highest BCUT2D eigenvalue weighted by atomic mass is 127. The lowest BCUT2D eigenvalue weighted by Gasteiger charge is -2.11. The van der Waals surface area contributed by atoms with Crippen LogP contribution in [-0.4, -0.2) is 29.8 Å². The van der Waals surface area contributed by atoms with E-state index in [1.165, 1.54) is 0 Å². The zero-order chi connectivity index (χ0) is 18.1. The number of rotatable bonds is 8. The number of nitrogens with zero attached hydrogens (tertiary/aromatic N) is 3. The zero-order valence-electron chi connectivity index (χ0n) is 15.8. The Bertz CT molecular complexity index is 670. The average Bonchev–Trinajstić information content (AvgIpc) is 3.10. The maximum Gasteiger partial charge on any atom is 0.213 e. The van der Waals surface area contributed by atoms with Gasteiger partial charge in [-0.1, -0.05) is 32.0 Å². The van der Waals surface area contributed by atoms with Crippen molar-refractivity contribution < 1.29 is 9.26 Å². The molecule has 0 unspecified atom stereocenters. The van der Waals surface area contributed by atoms with Gasteiger partial charge in [0.2, 0.25) is 5.88 Å². The first-order chi connectivity index (χ1) is 12.1. The van der Waals surface area contributed by atoms with E-state index in [0.29, 0.717) is 37.5 Å². The molecule has 0 aliphatic carbocycles. The van der Waals surface area contributed by atoms with Gasteiger partial charge in [0.1, 0.15) is 0 Å². The minimum Gasteiger partial charge on any atom is -0.478 e. The second-order valence-corrected chi connectivity index (χ2v) is 6.01. The summed E-state index contributed by atoms with van der Waals surface area (Å²) in [5, 5.41) is 10.5. The van der Waals surface area contributed by atoms with Crippen LogP contribution in [0.25, 0.3) is 0 Å². The predicted octanol–water partition coefficient (Wildman–Crippen LogP) is 3.47. The summed E-state index contributed by atoms with van der Waals surface area (Å²) < 4.78 is 10.8. The van der Waals surface area contributed by atoms with Crippen LogP contribution in [0.4, 0.5) is 0 Å². The molecule has 0 aromatic carbocycles. The summed E-state index contributed by atoms with van der Waals surface area (Å²) >= 11 is 0. The molecule has 7 nitrogen and oxygen atoms in total. The van der Waals surface area contributed by atoms with Crippen molar-refractivity contribution in [2.24, 2.45) is 4.99 Å². The van der Waals surface area contributed by atoms with Crippen LogP contribution in [0.3, 0.4) is 0 Å². The molecule has 0 radical (unpaired) electrons. The van der Waals surface area contributed by atoms with Crippen molar-refractivity contribution in [3.8, 4) is 5.88 Å². The maximum atomic E-state index is 5.48. The number of pyridine rings is 1. The van der Waals surface area contributed by atoms with Gasteiger partial charge in [0.15, 0.2) is 11.7 Å². The lowest BCUT2D eigenvalue weighted by atomic mass is 10.1. The van der Waals surface area contributed by atoms with Crippen molar-refractivity contribution in [1.82, 2.24) is 20.8 Å². The summed E-state index contributed by atoms with van der Waals surface area (Å²) in [6.07, 6.45) is 2.77. The van der Waals surface area contributed by atoms with Gasteiger partial charge < -0.3 is 19.9 Å². The van der Waals surface area contributed by atoms with Gasteiger partial charge in [0, 0.05) is 31.9 Å². The van der Waals surface area contributed by atoms with Gasteiger partial charge in [-0.2, -0.15) is 0 Å². The lowest BCUT2D eigenvalue weighted by molar-refractivity contribution is 0.305. The fourth-order valence-electron chi connectivity index (χ4n) is 2.07. The fourth-order valence-corrected chi connectivity index (χ4v) is 2.07. The normalized spacial score (nSPS) is 11.2. The highest BCUT2D eigenvalue weighted by Gasteiger charge is 2.08. The number of aromatic nitrogens is 2. The van der Waals surface area contributed by atoms with Crippen LogP contribution in [0, 0.1) is 0 Å². The Kier molecular flexibility index (Phi) is 10.0. The zero-order valence-corrected chi connectivity index (χ0v) is 18.1. The highest BCUT2D eigenvalue weighted by molar-refractivity contribution is 14.0. The van der Waals surface area contributed by atoms with Gasteiger partial charge in [-0.3, -0.25) is 4.99 Å². The molecule has 8 heteroatoms. The van der Waals surface area contributed by atoms with Crippen molar-refractivity contribution >= 4 is 29.9 Å². The average molecular weight is 473 g/mol. The molecule has 2 heterocycles. The standard InChI is InChI=1S/C18H27N5O2.HI/c1-5-8-24-17-7-6-14(10-20-17)11-21-18(19-4)22-12-15-9-16(13(2)3)23-25-15;/h6-7,9-10,13H,5,8,11-12H2,1-4H3,(H2,19,21,22);1H. The van der Waals surface area contributed by atoms with Gasteiger partial charge in [0.05, 0.1) is 18.8 Å². The van der Waals surface area contributed by atoms with Gasteiger partial charge in [-0.15, -0.1) is 24.0 Å². The molecule has 0 saturated heterocycles. The molecule has 2 N–H and O–H groups in total. The van der Waals surface area contributed by atoms with E-state index in [1.54, 1.807) is 13.2 Å². The van der Waals surface area contributed by atoms with E-state index in [-0.39, 0.29) is 24.0 Å². The van der Waals surface area contributed by atoms with Crippen LogP contribution in [0.1, 0.15) is 50.1 Å². The molecule has 0 atom stereocenters. The second kappa shape index (κ2) is 11.7. The van der Waals surface area contributed by atoms with Crippen LogP contribution in [0.15, 0.2) is 33.9 Å².